The summed E-state index contributed by atoms with van der Waals surface area (Å²) in [5, 5.41) is 14.0. The number of anilines is 2. The minimum Gasteiger partial charge on any atom is -0.480 e. The fraction of sp³-hybridized carbons (Fsp3) is 0.0833. The summed E-state index contributed by atoms with van der Waals surface area (Å²) in [5.74, 6) is -1.13. The van der Waals surface area contributed by atoms with Crippen LogP contribution in [0.5, 0.6) is 0 Å². The molecule has 2 aromatic rings. The molecule has 1 heterocycles. The summed E-state index contributed by atoms with van der Waals surface area (Å²) in [6.07, 6.45) is 1.54. The van der Waals surface area contributed by atoms with Crippen LogP contribution in [0.3, 0.4) is 0 Å². The Morgan fingerprint density at radius 1 is 1.45 bits per heavy atom. The Kier molecular flexibility index (Phi) is 4.54. The molecule has 0 unspecified atom stereocenters. The van der Waals surface area contributed by atoms with Gasteiger partial charge >= 0.3 is 12.0 Å². The number of nitrogens with one attached hydrogen (secondary N) is 1. The Labute approximate surface area is 123 Å². The van der Waals surface area contributed by atoms with Crippen LogP contribution in [0.25, 0.3) is 0 Å². The zero-order valence-corrected chi connectivity index (χ0v) is 11.7. The number of urea groups is 1. The number of aliphatic carboxylic acids is 1. The van der Waals surface area contributed by atoms with E-state index in [4.69, 9.17) is 16.7 Å². The van der Waals surface area contributed by atoms with Crippen LogP contribution in [0.4, 0.5) is 15.6 Å². The lowest BCUT2D eigenvalue weighted by Crippen LogP contribution is -2.38. The molecule has 104 valence electrons. The average Bonchev–Trinajstić information content (AvgIpc) is 2.88. The van der Waals surface area contributed by atoms with Crippen LogP contribution in [0.1, 0.15) is 0 Å². The molecule has 0 atom stereocenters. The Balaban J connectivity index is 2.22. The highest BCUT2D eigenvalue weighted by molar-refractivity contribution is 7.13. The molecular formula is C12H10ClN3O3S. The highest BCUT2D eigenvalue weighted by atomic mass is 35.5. The molecule has 8 heteroatoms. The van der Waals surface area contributed by atoms with Crippen LogP contribution in [0.15, 0.2) is 35.8 Å². The monoisotopic (exact) mass is 311 g/mol. The number of benzene rings is 1. The number of carboxylic acid groups (broad SMARTS) is 1. The maximum Gasteiger partial charge on any atom is 0.328 e. The van der Waals surface area contributed by atoms with Crippen molar-refractivity contribution in [2.45, 2.75) is 0 Å². The van der Waals surface area contributed by atoms with Crippen molar-refractivity contribution < 1.29 is 14.7 Å². The van der Waals surface area contributed by atoms with Crippen molar-refractivity contribution >= 4 is 45.8 Å². The Bertz CT molecular complexity index is 618. The molecule has 0 aliphatic carbocycles. The summed E-state index contributed by atoms with van der Waals surface area (Å²) < 4.78 is 0. The molecule has 0 aliphatic rings. The van der Waals surface area contributed by atoms with E-state index in [0.29, 0.717) is 15.8 Å². The molecule has 2 amide bonds. The molecule has 1 aromatic carbocycles. The number of nitrogens with zero attached hydrogens (tertiary/aromatic N) is 2. The zero-order chi connectivity index (χ0) is 14.5. The number of hydrogen-bond acceptors (Lipinski definition) is 4. The van der Waals surface area contributed by atoms with E-state index < -0.39 is 18.5 Å². The van der Waals surface area contributed by atoms with Crippen LogP contribution >= 0.6 is 22.9 Å². The molecule has 20 heavy (non-hydrogen) atoms. The van der Waals surface area contributed by atoms with Gasteiger partial charge in [-0.25, -0.2) is 9.78 Å². The van der Waals surface area contributed by atoms with E-state index in [1.165, 1.54) is 17.4 Å². The second-order valence-electron chi connectivity index (χ2n) is 3.73. The maximum atomic E-state index is 12.1. The average molecular weight is 312 g/mol. The van der Waals surface area contributed by atoms with E-state index in [0.717, 1.165) is 4.90 Å². The minimum atomic E-state index is -1.13. The molecule has 0 spiro atoms. The molecule has 6 nitrogen and oxygen atoms in total. The van der Waals surface area contributed by atoms with Crippen molar-refractivity contribution in [1.29, 1.82) is 0 Å². The van der Waals surface area contributed by atoms with E-state index in [1.54, 1.807) is 29.8 Å². The number of carbonyl (C=O) groups is 2. The summed E-state index contributed by atoms with van der Waals surface area (Å²) >= 11 is 7.10. The number of carboxylic acids is 1. The number of thiazole rings is 1. The fourth-order valence-electron chi connectivity index (χ4n) is 1.50. The van der Waals surface area contributed by atoms with Gasteiger partial charge in [0.2, 0.25) is 0 Å². The molecule has 0 saturated heterocycles. The third kappa shape index (κ3) is 3.69. The van der Waals surface area contributed by atoms with E-state index in [9.17, 15) is 9.59 Å². The van der Waals surface area contributed by atoms with Gasteiger partial charge in [-0.2, -0.15) is 0 Å². The van der Waals surface area contributed by atoms with Crippen molar-refractivity contribution in [3.63, 3.8) is 0 Å². The van der Waals surface area contributed by atoms with Gasteiger partial charge in [-0.1, -0.05) is 17.7 Å². The van der Waals surface area contributed by atoms with E-state index in [2.05, 4.69) is 10.3 Å². The van der Waals surface area contributed by atoms with Crippen LogP contribution in [-0.2, 0) is 4.79 Å². The van der Waals surface area contributed by atoms with Crippen molar-refractivity contribution in [3.8, 4) is 0 Å². The molecule has 0 saturated carbocycles. The number of hydrogen-bond donors (Lipinski definition) is 2. The third-order valence-electron chi connectivity index (χ3n) is 2.30. The number of rotatable bonds is 4. The highest BCUT2D eigenvalue weighted by Crippen LogP contribution is 2.21. The van der Waals surface area contributed by atoms with Gasteiger partial charge in [0, 0.05) is 22.3 Å². The Hall–Kier alpha value is -2.12. The van der Waals surface area contributed by atoms with Crippen molar-refractivity contribution in [3.05, 3.63) is 40.9 Å². The van der Waals surface area contributed by atoms with Crippen molar-refractivity contribution in [2.24, 2.45) is 0 Å². The van der Waals surface area contributed by atoms with Crippen LogP contribution in [0.2, 0.25) is 5.02 Å². The molecule has 0 radical (unpaired) electrons. The fourth-order valence-corrected chi connectivity index (χ4v) is 2.21. The summed E-state index contributed by atoms with van der Waals surface area (Å²) in [6, 6.07) is 5.83. The predicted molar refractivity (Wildman–Crippen MR) is 77.6 cm³/mol. The second-order valence-corrected chi connectivity index (χ2v) is 5.06. The summed E-state index contributed by atoms with van der Waals surface area (Å²) in [5.41, 5.74) is 0.397. The van der Waals surface area contributed by atoms with Gasteiger partial charge in [0.05, 0.1) is 0 Å². The third-order valence-corrected chi connectivity index (χ3v) is 3.23. The smallest absolute Gasteiger partial charge is 0.328 e. The predicted octanol–water partition coefficient (Wildman–Crippen LogP) is 2.92. The summed E-state index contributed by atoms with van der Waals surface area (Å²) in [7, 11) is 0. The van der Waals surface area contributed by atoms with Gasteiger partial charge in [0.25, 0.3) is 0 Å². The highest BCUT2D eigenvalue weighted by Gasteiger charge is 2.19. The lowest BCUT2D eigenvalue weighted by atomic mass is 10.3. The lowest BCUT2D eigenvalue weighted by molar-refractivity contribution is -0.135. The zero-order valence-electron chi connectivity index (χ0n) is 10.1. The van der Waals surface area contributed by atoms with Gasteiger partial charge in [0.1, 0.15) is 6.54 Å². The lowest BCUT2D eigenvalue weighted by Gasteiger charge is -2.20. The topological polar surface area (TPSA) is 82.5 Å². The van der Waals surface area contributed by atoms with Crippen molar-refractivity contribution in [2.75, 3.05) is 16.8 Å². The molecule has 2 N–H and O–H groups in total. The largest absolute Gasteiger partial charge is 0.480 e. The number of amides is 2. The standard InChI is InChI=1S/C12H10ClN3O3S/c13-8-2-1-3-9(6-8)16(7-10(17)18)12(19)15-11-14-4-5-20-11/h1-6H,7H2,(H,17,18)(H,14,15,19). The molecule has 2 rings (SSSR count). The number of halogens is 1. The van der Waals surface area contributed by atoms with E-state index in [-0.39, 0.29) is 0 Å². The minimum absolute atomic E-state index is 0.396. The maximum absolute atomic E-state index is 12.1. The number of aromatic nitrogens is 1. The van der Waals surface area contributed by atoms with Crippen LogP contribution in [0, 0.1) is 0 Å². The molecule has 0 aliphatic heterocycles. The Morgan fingerprint density at radius 2 is 2.25 bits per heavy atom. The first-order valence-corrected chi connectivity index (χ1v) is 6.77. The molecular weight excluding hydrogens is 302 g/mol. The molecule has 0 bridgehead atoms. The van der Waals surface area contributed by atoms with Gasteiger partial charge in [-0.05, 0) is 18.2 Å². The second kappa shape index (κ2) is 6.36. The van der Waals surface area contributed by atoms with Gasteiger partial charge in [-0.3, -0.25) is 15.0 Å². The molecule has 1 aromatic heterocycles. The number of carbonyl (C=O) groups excluding carboxylic acids is 1. The van der Waals surface area contributed by atoms with Gasteiger partial charge < -0.3 is 5.11 Å². The molecule has 0 fully saturated rings. The first kappa shape index (κ1) is 14.3. The Morgan fingerprint density at radius 3 is 2.85 bits per heavy atom. The quantitative estimate of drug-likeness (QED) is 0.909. The normalized spacial score (nSPS) is 10.1. The van der Waals surface area contributed by atoms with Crippen LogP contribution in [-0.4, -0.2) is 28.6 Å². The van der Waals surface area contributed by atoms with Crippen LogP contribution < -0.4 is 10.2 Å². The van der Waals surface area contributed by atoms with Crippen molar-refractivity contribution in [1.82, 2.24) is 4.98 Å². The first-order valence-electron chi connectivity index (χ1n) is 5.51. The summed E-state index contributed by atoms with van der Waals surface area (Å²) in [4.78, 5) is 28.0. The first-order chi connectivity index (χ1) is 9.56. The van der Waals surface area contributed by atoms with Gasteiger partial charge in [-0.15, -0.1) is 11.3 Å². The summed E-state index contributed by atoms with van der Waals surface area (Å²) in [6.45, 7) is -0.475. The van der Waals surface area contributed by atoms with E-state index in [1.807, 2.05) is 0 Å². The van der Waals surface area contributed by atoms with Gasteiger partial charge in [0.15, 0.2) is 5.13 Å². The SMILES string of the molecule is O=C(O)CN(C(=O)Nc1nccs1)c1cccc(Cl)c1. The van der Waals surface area contributed by atoms with E-state index >= 15 is 0 Å².